The van der Waals surface area contributed by atoms with Crippen LogP contribution in [0.2, 0.25) is 19.6 Å². The fraction of sp³-hybridized carbons (Fsp3) is 0.458. The molecular formula is C24H35N7O5Si. The molecule has 0 unspecified atom stereocenters. The van der Waals surface area contributed by atoms with Crippen molar-refractivity contribution in [2.24, 2.45) is 0 Å². The largest absolute Gasteiger partial charge is 0.479 e. The van der Waals surface area contributed by atoms with E-state index in [0.717, 1.165) is 18.3 Å². The summed E-state index contributed by atoms with van der Waals surface area (Å²) in [6, 6.07) is 5.38. The SMILES string of the molecule is COc1nc(NCCCN(C)C)nc(OC)c1NC(=O)Cc1ccc(Oc2nccc([Si](C)(C)C)n2)o1. The minimum Gasteiger partial charge on any atom is -0.479 e. The van der Waals surface area contributed by atoms with Gasteiger partial charge in [0, 0.05) is 24.1 Å². The summed E-state index contributed by atoms with van der Waals surface area (Å²) in [6.45, 7) is 8.16. The lowest BCUT2D eigenvalue weighted by Crippen LogP contribution is -2.40. The van der Waals surface area contributed by atoms with Gasteiger partial charge in [-0.3, -0.25) is 4.79 Å². The average molecular weight is 530 g/mol. The number of rotatable bonds is 13. The van der Waals surface area contributed by atoms with E-state index in [1.165, 1.54) is 14.2 Å². The number of methoxy groups -OCH3 is 2. The minimum absolute atomic E-state index is 0.0595. The standard InChI is InChI=1S/C24H35N7O5Si/c1-31(2)14-8-12-25-23-29-21(33-3)20(22(30-23)34-4)27-17(32)15-16-9-10-19(35-16)36-24-26-13-11-18(28-24)37(5,6)7/h9-11,13H,8,12,14-15H2,1-7H3,(H,27,32)(H,25,29,30). The van der Waals surface area contributed by atoms with Crippen LogP contribution >= 0.6 is 0 Å². The van der Waals surface area contributed by atoms with Crippen molar-refractivity contribution in [3.63, 3.8) is 0 Å². The van der Waals surface area contributed by atoms with Crippen molar-refractivity contribution >= 4 is 30.9 Å². The van der Waals surface area contributed by atoms with Crippen molar-refractivity contribution in [1.82, 2.24) is 24.8 Å². The highest BCUT2D eigenvalue weighted by atomic mass is 28.3. The van der Waals surface area contributed by atoms with Crippen LogP contribution in [0.4, 0.5) is 11.6 Å². The molecule has 200 valence electrons. The van der Waals surface area contributed by atoms with E-state index in [1.54, 1.807) is 18.3 Å². The minimum atomic E-state index is -1.62. The lowest BCUT2D eigenvalue weighted by molar-refractivity contribution is -0.115. The number of anilines is 2. The Morgan fingerprint density at radius 3 is 2.38 bits per heavy atom. The van der Waals surface area contributed by atoms with E-state index in [4.69, 9.17) is 18.6 Å². The van der Waals surface area contributed by atoms with Crippen LogP contribution in [0, 0.1) is 0 Å². The van der Waals surface area contributed by atoms with Gasteiger partial charge in [0.15, 0.2) is 5.69 Å². The second kappa shape index (κ2) is 12.5. The van der Waals surface area contributed by atoms with Crippen LogP contribution in [-0.4, -0.2) is 80.2 Å². The molecule has 0 spiro atoms. The topological polar surface area (TPSA) is 137 Å². The summed E-state index contributed by atoms with van der Waals surface area (Å²) in [5.41, 5.74) is 0.230. The van der Waals surface area contributed by atoms with Crippen molar-refractivity contribution in [3.8, 4) is 23.7 Å². The van der Waals surface area contributed by atoms with Crippen molar-refractivity contribution < 1.29 is 23.4 Å². The Kier molecular flexibility index (Phi) is 9.41. The molecule has 3 aromatic rings. The summed E-state index contributed by atoms with van der Waals surface area (Å²) < 4.78 is 22.1. The van der Waals surface area contributed by atoms with Gasteiger partial charge in [0.1, 0.15) is 13.8 Å². The van der Waals surface area contributed by atoms with Crippen LogP contribution in [0.3, 0.4) is 0 Å². The molecule has 0 fully saturated rings. The molecule has 0 atom stereocenters. The van der Waals surface area contributed by atoms with E-state index < -0.39 is 8.07 Å². The third-order valence-corrected chi connectivity index (χ3v) is 6.94. The number of hydrogen-bond donors (Lipinski definition) is 2. The van der Waals surface area contributed by atoms with Crippen LogP contribution in [0.1, 0.15) is 12.2 Å². The Labute approximate surface area is 217 Å². The Hall–Kier alpha value is -3.71. The molecule has 1 amide bonds. The third-order valence-electron chi connectivity index (χ3n) is 5.12. The normalized spacial score (nSPS) is 11.4. The molecule has 3 aromatic heterocycles. The highest BCUT2D eigenvalue weighted by molar-refractivity contribution is 6.88. The average Bonchev–Trinajstić information content (AvgIpc) is 3.28. The van der Waals surface area contributed by atoms with Crippen molar-refractivity contribution in [1.29, 1.82) is 0 Å². The maximum atomic E-state index is 12.8. The molecule has 2 N–H and O–H groups in total. The predicted molar refractivity (Wildman–Crippen MR) is 143 cm³/mol. The number of aromatic nitrogens is 4. The zero-order valence-electron chi connectivity index (χ0n) is 22.4. The van der Waals surface area contributed by atoms with Crippen LogP contribution in [0.5, 0.6) is 23.7 Å². The lowest BCUT2D eigenvalue weighted by atomic mass is 10.3. The highest BCUT2D eigenvalue weighted by Gasteiger charge is 2.21. The van der Waals surface area contributed by atoms with E-state index in [1.807, 2.05) is 20.2 Å². The first-order valence-electron chi connectivity index (χ1n) is 11.9. The van der Waals surface area contributed by atoms with Crippen molar-refractivity contribution in [2.45, 2.75) is 32.5 Å². The molecule has 37 heavy (non-hydrogen) atoms. The fourth-order valence-corrected chi connectivity index (χ4v) is 4.25. The molecule has 3 heterocycles. The Bertz CT molecular complexity index is 1170. The molecule has 0 aliphatic rings. The zero-order valence-corrected chi connectivity index (χ0v) is 23.4. The molecule has 0 saturated heterocycles. The molecule has 0 bridgehead atoms. The summed E-state index contributed by atoms with van der Waals surface area (Å²) in [4.78, 5) is 32.2. The third kappa shape index (κ3) is 8.15. The van der Waals surface area contributed by atoms with Gasteiger partial charge in [-0.15, -0.1) is 0 Å². The van der Waals surface area contributed by atoms with Gasteiger partial charge in [-0.1, -0.05) is 19.6 Å². The van der Waals surface area contributed by atoms with E-state index in [0.29, 0.717) is 18.3 Å². The molecule has 0 radical (unpaired) electrons. The second-order valence-corrected chi connectivity index (χ2v) is 14.6. The van der Waals surface area contributed by atoms with Gasteiger partial charge >= 0.3 is 6.01 Å². The first-order valence-corrected chi connectivity index (χ1v) is 15.4. The maximum absolute atomic E-state index is 12.8. The summed E-state index contributed by atoms with van der Waals surface area (Å²) in [7, 11) is 5.33. The van der Waals surface area contributed by atoms with Crippen LogP contribution in [0.25, 0.3) is 0 Å². The van der Waals surface area contributed by atoms with E-state index in [2.05, 4.69) is 55.1 Å². The number of furan rings is 1. The number of nitrogens with one attached hydrogen (secondary N) is 2. The fourth-order valence-electron chi connectivity index (χ4n) is 3.25. The molecule has 3 rings (SSSR count). The van der Waals surface area contributed by atoms with Gasteiger partial charge in [0.25, 0.3) is 5.95 Å². The second-order valence-electron chi connectivity index (χ2n) is 9.55. The van der Waals surface area contributed by atoms with Crippen LogP contribution < -0.4 is 30.2 Å². The van der Waals surface area contributed by atoms with Crippen molar-refractivity contribution in [3.05, 3.63) is 30.2 Å². The molecule has 0 aliphatic heterocycles. The number of hydrogen-bond acceptors (Lipinski definition) is 11. The molecule has 0 aliphatic carbocycles. The van der Waals surface area contributed by atoms with E-state index >= 15 is 0 Å². The Balaban J connectivity index is 1.64. The van der Waals surface area contributed by atoms with Gasteiger partial charge < -0.3 is 34.2 Å². The van der Waals surface area contributed by atoms with Gasteiger partial charge in [-0.25, -0.2) is 9.97 Å². The molecular weight excluding hydrogens is 494 g/mol. The Morgan fingerprint density at radius 1 is 1.05 bits per heavy atom. The quantitative estimate of drug-likeness (QED) is 0.250. The molecule has 0 saturated carbocycles. The van der Waals surface area contributed by atoms with Gasteiger partial charge in [0.05, 0.1) is 20.6 Å². The van der Waals surface area contributed by atoms with Crippen LogP contribution in [0.15, 0.2) is 28.8 Å². The number of carbonyl (C=O) groups is 1. The number of nitrogens with zero attached hydrogens (tertiary/aromatic N) is 5. The molecule has 0 aromatic carbocycles. The van der Waals surface area contributed by atoms with Crippen LogP contribution in [-0.2, 0) is 11.2 Å². The number of ether oxygens (including phenoxy) is 3. The van der Waals surface area contributed by atoms with E-state index in [9.17, 15) is 4.79 Å². The number of carbonyl (C=O) groups excluding carboxylic acids is 1. The summed E-state index contributed by atoms with van der Waals surface area (Å²) in [6.07, 6.45) is 2.51. The maximum Gasteiger partial charge on any atom is 0.324 e. The predicted octanol–water partition coefficient (Wildman–Crippen LogP) is 2.76. The van der Waals surface area contributed by atoms with Gasteiger partial charge in [-0.05, 0) is 39.2 Å². The van der Waals surface area contributed by atoms with E-state index in [-0.39, 0.29) is 41.7 Å². The lowest BCUT2D eigenvalue weighted by Gasteiger charge is -2.15. The smallest absolute Gasteiger partial charge is 0.324 e. The zero-order chi connectivity index (χ0) is 27.0. The monoisotopic (exact) mass is 529 g/mol. The number of amides is 1. The summed E-state index contributed by atoms with van der Waals surface area (Å²) >= 11 is 0. The first kappa shape index (κ1) is 27.9. The highest BCUT2D eigenvalue weighted by Crippen LogP contribution is 2.32. The Morgan fingerprint density at radius 2 is 1.76 bits per heavy atom. The van der Waals surface area contributed by atoms with Gasteiger partial charge in [0.2, 0.25) is 23.6 Å². The summed E-state index contributed by atoms with van der Waals surface area (Å²) in [5.74, 6) is 0.922. The van der Waals surface area contributed by atoms with Crippen molar-refractivity contribution in [2.75, 3.05) is 52.0 Å². The van der Waals surface area contributed by atoms with Gasteiger partial charge in [-0.2, -0.15) is 9.97 Å². The molecule has 12 nitrogen and oxygen atoms in total. The summed E-state index contributed by atoms with van der Waals surface area (Å²) in [5, 5.41) is 6.87. The first-order chi connectivity index (χ1) is 17.6. The molecule has 13 heteroatoms.